The third kappa shape index (κ3) is 6.81. The molecule has 14 bridgehead atoms. The fourth-order valence-corrected chi connectivity index (χ4v) is 22.5. The van der Waals surface area contributed by atoms with E-state index in [-0.39, 0.29) is 21.7 Å². The minimum Gasteiger partial charge on any atom is -0.507 e. The van der Waals surface area contributed by atoms with Gasteiger partial charge in [-0.05, 0) is 268 Å². The number of phenolic OH excluding ortho intramolecular Hbond substituents is 2. The first-order valence-electron chi connectivity index (χ1n) is 30.0. The summed E-state index contributed by atoms with van der Waals surface area (Å²) in [6.07, 6.45) is 32.4. The first-order valence-corrected chi connectivity index (χ1v) is 30.0. The van der Waals surface area contributed by atoms with E-state index in [4.69, 9.17) is 4.98 Å². The Balaban J connectivity index is 0.827. The van der Waals surface area contributed by atoms with E-state index in [1.165, 1.54) is 171 Å². The maximum absolute atomic E-state index is 13.1. The minimum absolute atomic E-state index is 0.0317. The summed E-state index contributed by atoms with van der Waals surface area (Å²) in [7, 11) is 0. The van der Waals surface area contributed by atoms with Crippen LogP contribution >= 0.6 is 0 Å². The number of benzene rings is 4. The Morgan fingerprint density at radius 2 is 0.708 bits per heavy atom. The molecule has 0 radical (unpaired) electrons. The minimum atomic E-state index is -0.0317. The van der Waals surface area contributed by atoms with Gasteiger partial charge in [0.1, 0.15) is 11.5 Å². The highest BCUT2D eigenvalue weighted by atomic mass is 16.3. The quantitative estimate of drug-likeness (QED) is 0.163. The molecule has 19 rings (SSSR count). The molecule has 1 aromatic heterocycles. The van der Waals surface area contributed by atoms with E-state index < -0.39 is 0 Å². The van der Waals surface area contributed by atoms with E-state index >= 15 is 0 Å². The Morgan fingerprint density at radius 3 is 1.12 bits per heavy atom. The second kappa shape index (κ2) is 15.8. The molecule has 0 aliphatic heterocycles. The van der Waals surface area contributed by atoms with Gasteiger partial charge in [-0.3, -0.25) is 0 Å². The second-order valence-corrected chi connectivity index (χ2v) is 28.8. The van der Waals surface area contributed by atoms with Gasteiger partial charge in [-0.25, -0.2) is 4.98 Å². The van der Waals surface area contributed by atoms with E-state index in [0.717, 1.165) is 110 Å². The molecule has 2 N–H and O–H groups in total. The van der Waals surface area contributed by atoms with Crippen molar-refractivity contribution in [2.45, 2.75) is 183 Å². The second-order valence-electron chi connectivity index (χ2n) is 28.8. The molecule has 0 amide bonds. The van der Waals surface area contributed by atoms with Crippen molar-refractivity contribution < 1.29 is 10.2 Å². The number of aromatic nitrogens is 1. The van der Waals surface area contributed by atoms with Crippen molar-refractivity contribution in [1.82, 2.24) is 4.98 Å². The highest BCUT2D eigenvalue weighted by molar-refractivity contribution is 5.89. The molecule has 1 heterocycles. The van der Waals surface area contributed by atoms with Crippen LogP contribution in [-0.2, 0) is 21.7 Å². The number of hydrogen-bond donors (Lipinski definition) is 2. The van der Waals surface area contributed by atoms with Crippen molar-refractivity contribution in [3.8, 4) is 56.3 Å². The summed E-state index contributed by atoms with van der Waals surface area (Å²) in [6, 6.07) is 34.6. The van der Waals surface area contributed by atoms with E-state index in [2.05, 4.69) is 97.9 Å². The zero-order valence-corrected chi connectivity index (χ0v) is 43.3. The average Bonchev–Trinajstić information content (AvgIpc) is 3.35. The van der Waals surface area contributed by atoms with E-state index in [1.807, 2.05) is 0 Å². The number of fused-ring (bicyclic) bond motifs is 2. The van der Waals surface area contributed by atoms with Crippen LogP contribution in [-0.4, -0.2) is 15.2 Å². The Kier molecular flexibility index (Phi) is 9.67. The third-order valence-electron chi connectivity index (χ3n) is 23.9. The molecule has 2 atom stereocenters. The van der Waals surface area contributed by atoms with Gasteiger partial charge in [0.05, 0.1) is 11.4 Å². The lowest BCUT2D eigenvalue weighted by Crippen LogP contribution is -2.50. The number of nitrogens with zero attached hydrogens (tertiary/aromatic N) is 1. The van der Waals surface area contributed by atoms with E-state index in [0.29, 0.717) is 11.5 Å². The van der Waals surface area contributed by atoms with Crippen LogP contribution < -0.4 is 0 Å². The molecule has 14 aliphatic carbocycles. The Labute approximate surface area is 430 Å². The van der Waals surface area contributed by atoms with Crippen molar-refractivity contribution >= 4 is 0 Å². The van der Waals surface area contributed by atoms with Gasteiger partial charge in [0.25, 0.3) is 0 Å². The molecule has 372 valence electrons. The SMILES string of the molecule is CC1(c2cc(C34CC5CC(CC(C5)C3)C4)cc(-c3ccccc3-c3cccc(-c4ccccc4-c4cc(C56CC7CC(CC(C7)C5)C6)cc(C56CC7CC(CC(C7)C5)C6)c4O)n3)c2O)CC2CCCC(C2)C1. The van der Waals surface area contributed by atoms with Crippen molar-refractivity contribution in [3.63, 3.8) is 0 Å². The van der Waals surface area contributed by atoms with Gasteiger partial charge in [0, 0.05) is 33.4 Å². The molecule has 72 heavy (non-hydrogen) atoms. The van der Waals surface area contributed by atoms with Crippen molar-refractivity contribution in [3.05, 3.63) is 113 Å². The van der Waals surface area contributed by atoms with Crippen LogP contribution in [0, 0.1) is 65.1 Å². The maximum atomic E-state index is 13.1. The Bertz CT molecular complexity index is 2890. The van der Waals surface area contributed by atoms with Gasteiger partial charge >= 0.3 is 0 Å². The lowest BCUT2D eigenvalue weighted by molar-refractivity contribution is -0.00894. The molecule has 14 aliphatic rings. The van der Waals surface area contributed by atoms with Crippen molar-refractivity contribution in [1.29, 1.82) is 0 Å². The Morgan fingerprint density at radius 1 is 0.361 bits per heavy atom. The summed E-state index contributed by atoms with van der Waals surface area (Å²) in [5.74, 6) is 10.2. The molecular weight excluding hydrogens is 875 g/mol. The maximum Gasteiger partial charge on any atom is 0.127 e. The summed E-state index contributed by atoms with van der Waals surface area (Å²) in [6.45, 7) is 2.52. The zero-order valence-electron chi connectivity index (χ0n) is 43.3. The number of phenols is 2. The van der Waals surface area contributed by atoms with Gasteiger partial charge in [0.2, 0.25) is 0 Å². The van der Waals surface area contributed by atoms with Crippen LogP contribution in [0.15, 0.2) is 91.0 Å². The Hall–Kier alpha value is -4.37. The summed E-state index contributed by atoms with van der Waals surface area (Å²) in [5.41, 5.74) is 14.5. The van der Waals surface area contributed by atoms with Gasteiger partial charge in [0.15, 0.2) is 0 Å². The highest BCUT2D eigenvalue weighted by Gasteiger charge is 2.56. The molecule has 0 saturated heterocycles. The predicted octanol–water partition coefficient (Wildman–Crippen LogP) is 17.4. The molecule has 3 nitrogen and oxygen atoms in total. The fraction of sp³-hybridized carbons (Fsp3) is 0.580. The number of pyridine rings is 1. The van der Waals surface area contributed by atoms with Crippen LogP contribution in [0.25, 0.3) is 44.8 Å². The summed E-state index contributed by atoms with van der Waals surface area (Å²) in [4.78, 5) is 5.68. The van der Waals surface area contributed by atoms with Crippen molar-refractivity contribution in [2.75, 3.05) is 0 Å². The lowest BCUT2D eigenvalue weighted by atomic mass is 9.46. The zero-order chi connectivity index (χ0) is 47.7. The monoisotopic (exact) mass is 954 g/mol. The molecular formula is C69H79NO2. The third-order valence-corrected chi connectivity index (χ3v) is 23.9. The van der Waals surface area contributed by atoms with Crippen LogP contribution in [0.4, 0.5) is 0 Å². The molecule has 14 fully saturated rings. The van der Waals surface area contributed by atoms with E-state index in [9.17, 15) is 10.2 Å². The summed E-state index contributed by atoms with van der Waals surface area (Å²) in [5, 5.41) is 26.2. The molecule has 2 unspecified atom stereocenters. The van der Waals surface area contributed by atoms with Crippen LogP contribution in [0.1, 0.15) is 183 Å². The van der Waals surface area contributed by atoms with Gasteiger partial charge in [-0.1, -0.05) is 92.9 Å². The van der Waals surface area contributed by atoms with Crippen LogP contribution in [0.3, 0.4) is 0 Å². The van der Waals surface area contributed by atoms with Crippen LogP contribution in [0.2, 0.25) is 0 Å². The molecule has 14 saturated carbocycles. The standard InChI is InChI=1S/C69H79NO2/c1-66(30-41-8-6-9-42(16-41)31-66)60-28-52(67-32-43-17-44(33-67)19-45(18-43)34-67)26-58(64(60)71)54-10-2-4-12-56(54)62-14-7-15-63(70-62)57-13-5-3-11-55(57)59-27-53(68-35-46-20-47(36-68)22-48(21-46)37-68)29-61(65(59)72)69-38-49-23-50(39-69)25-51(24-49)40-69/h2-5,7,10-15,26-29,41-51,71-72H,6,8-9,16-25,30-40H2,1H3. The van der Waals surface area contributed by atoms with Crippen molar-refractivity contribution in [2.24, 2.45) is 65.1 Å². The average molecular weight is 954 g/mol. The normalized spacial score (nSPS) is 40.5. The highest BCUT2D eigenvalue weighted by Crippen LogP contribution is 2.67. The van der Waals surface area contributed by atoms with E-state index in [1.54, 1.807) is 5.56 Å². The summed E-state index contributed by atoms with van der Waals surface area (Å²) < 4.78 is 0. The number of aromatic hydroxyl groups is 2. The molecule has 5 aromatic rings. The predicted molar refractivity (Wildman–Crippen MR) is 291 cm³/mol. The first kappa shape index (κ1) is 44.0. The fourth-order valence-electron chi connectivity index (χ4n) is 22.5. The molecule has 4 aromatic carbocycles. The topological polar surface area (TPSA) is 53.4 Å². The smallest absolute Gasteiger partial charge is 0.127 e. The van der Waals surface area contributed by atoms with Gasteiger partial charge in [-0.15, -0.1) is 0 Å². The van der Waals surface area contributed by atoms with Gasteiger partial charge in [-0.2, -0.15) is 0 Å². The number of rotatable bonds is 8. The van der Waals surface area contributed by atoms with Gasteiger partial charge < -0.3 is 10.2 Å². The first-order chi connectivity index (χ1) is 35.0. The summed E-state index contributed by atoms with van der Waals surface area (Å²) >= 11 is 0. The lowest BCUT2D eigenvalue weighted by Gasteiger charge is -2.58. The molecule has 3 heteroatoms. The van der Waals surface area contributed by atoms with Crippen LogP contribution in [0.5, 0.6) is 11.5 Å². The number of hydrogen-bond acceptors (Lipinski definition) is 3. The largest absolute Gasteiger partial charge is 0.507 e. The molecule has 0 spiro atoms.